The van der Waals surface area contributed by atoms with Gasteiger partial charge in [-0.3, -0.25) is 9.59 Å². The van der Waals surface area contributed by atoms with Crippen LogP contribution in [0.15, 0.2) is 78.9 Å². The first kappa shape index (κ1) is 20.1. The average Bonchev–Trinajstić information content (AvgIpc) is 2.73. The summed E-state index contributed by atoms with van der Waals surface area (Å²) in [6.45, 7) is 2.34. The molecule has 5 heteroatoms. The SMILES string of the molecule is Cc1cccc(OCC(=O)Nc2ccccc2C(=O)NCCc2ccccc2)c1. The first-order valence-corrected chi connectivity index (χ1v) is 9.52. The van der Waals surface area contributed by atoms with Crippen molar-refractivity contribution in [3.05, 3.63) is 95.6 Å². The molecule has 148 valence electrons. The van der Waals surface area contributed by atoms with E-state index in [4.69, 9.17) is 4.74 Å². The maximum absolute atomic E-state index is 12.6. The number of hydrogen-bond donors (Lipinski definition) is 2. The van der Waals surface area contributed by atoms with Gasteiger partial charge in [0.1, 0.15) is 5.75 Å². The Balaban J connectivity index is 1.54. The minimum Gasteiger partial charge on any atom is -0.484 e. The van der Waals surface area contributed by atoms with Gasteiger partial charge in [-0.05, 0) is 48.7 Å². The van der Waals surface area contributed by atoms with Crippen molar-refractivity contribution < 1.29 is 14.3 Å². The maximum Gasteiger partial charge on any atom is 0.262 e. The van der Waals surface area contributed by atoms with E-state index in [9.17, 15) is 9.59 Å². The molecule has 0 saturated carbocycles. The Hall–Kier alpha value is -3.60. The molecule has 3 aromatic rings. The second kappa shape index (κ2) is 10.1. The third-order valence-corrected chi connectivity index (χ3v) is 4.35. The summed E-state index contributed by atoms with van der Waals surface area (Å²) in [7, 11) is 0. The monoisotopic (exact) mass is 388 g/mol. The molecule has 0 aliphatic carbocycles. The van der Waals surface area contributed by atoms with Crippen LogP contribution in [0.1, 0.15) is 21.5 Å². The molecule has 0 aliphatic rings. The van der Waals surface area contributed by atoms with Crippen molar-refractivity contribution in [1.82, 2.24) is 5.32 Å². The standard InChI is InChI=1S/C24H24N2O3/c1-18-8-7-11-20(16-18)29-17-23(27)26-22-13-6-5-12-21(22)24(28)25-15-14-19-9-3-2-4-10-19/h2-13,16H,14-15,17H2,1H3,(H,25,28)(H,26,27). The van der Waals surface area contributed by atoms with E-state index < -0.39 is 0 Å². The third kappa shape index (κ3) is 6.21. The molecule has 3 rings (SSSR count). The van der Waals surface area contributed by atoms with E-state index >= 15 is 0 Å². The predicted octanol–water partition coefficient (Wildman–Crippen LogP) is 3.99. The summed E-state index contributed by atoms with van der Waals surface area (Å²) in [5.74, 6) is 0.0829. The highest BCUT2D eigenvalue weighted by atomic mass is 16.5. The van der Waals surface area contributed by atoms with Gasteiger partial charge in [-0.25, -0.2) is 0 Å². The lowest BCUT2D eigenvalue weighted by atomic mass is 10.1. The zero-order valence-electron chi connectivity index (χ0n) is 16.4. The highest BCUT2D eigenvalue weighted by Crippen LogP contribution is 2.16. The van der Waals surface area contributed by atoms with Crippen LogP contribution in [0.2, 0.25) is 0 Å². The maximum atomic E-state index is 12.6. The summed E-state index contributed by atoms with van der Waals surface area (Å²) < 4.78 is 5.52. The fourth-order valence-electron chi connectivity index (χ4n) is 2.89. The van der Waals surface area contributed by atoms with E-state index in [1.807, 2.05) is 55.5 Å². The van der Waals surface area contributed by atoms with Gasteiger partial charge in [0, 0.05) is 6.54 Å². The molecule has 0 atom stereocenters. The lowest BCUT2D eigenvalue weighted by molar-refractivity contribution is -0.118. The third-order valence-electron chi connectivity index (χ3n) is 4.35. The number of carbonyl (C=O) groups is 2. The molecular weight excluding hydrogens is 364 g/mol. The van der Waals surface area contributed by atoms with Crippen LogP contribution in [0.25, 0.3) is 0 Å². The van der Waals surface area contributed by atoms with Gasteiger partial charge in [-0.15, -0.1) is 0 Å². The highest BCUT2D eigenvalue weighted by Gasteiger charge is 2.13. The number of nitrogens with one attached hydrogen (secondary N) is 2. The van der Waals surface area contributed by atoms with Gasteiger partial charge in [-0.1, -0.05) is 54.6 Å². The Kier molecular flexibility index (Phi) is 7.00. The minimum absolute atomic E-state index is 0.132. The van der Waals surface area contributed by atoms with Gasteiger partial charge in [0.15, 0.2) is 6.61 Å². The lowest BCUT2D eigenvalue weighted by Gasteiger charge is -2.12. The molecule has 2 amide bonds. The van der Waals surface area contributed by atoms with E-state index in [1.165, 1.54) is 0 Å². The normalized spacial score (nSPS) is 10.2. The molecule has 0 radical (unpaired) electrons. The molecule has 2 N–H and O–H groups in total. The smallest absolute Gasteiger partial charge is 0.262 e. The summed E-state index contributed by atoms with van der Waals surface area (Å²) in [6.07, 6.45) is 0.742. The Morgan fingerprint density at radius 1 is 0.897 bits per heavy atom. The fourth-order valence-corrected chi connectivity index (χ4v) is 2.89. The van der Waals surface area contributed by atoms with Crippen molar-refractivity contribution in [2.75, 3.05) is 18.5 Å². The largest absolute Gasteiger partial charge is 0.484 e. The number of aryl methyl sites for hydroxylation is 1. The van der Waals surface area contributed by atoms with E-state index in [0.717, 1.165) is 17.5 Å². The van der Waals surface area contributed by atoms with Crippen molar-refractivity contribution in [3.63, 3.8) is 0 Å². The van der Waals surface area contributed by atoms with Crippen LogP contribution in [0.5, 0.6) is 5.75 Å². The average molecular weight is 388 g/mol. The Morgan fingerprint density at radius 2 is 1.66 bits per heavy atom. The van der Waals surface area contributed by atoms with Crippen molar-refractivity contribution in [3.8, 4) is 5.75 Å². The van der Waals surface area contributed by atoms with Crippen molar-refractivity contribution in [2.45, 2.75) is 13.3 Å². The summed E-state index contributed by atoms with van der Waals surface area (Å²) in [4.78, 5) is 24.8. The first-order chi connectivity index (χ1) is 14.1. The quantitative estimate of drug-likeness (QED) is 0.613. The first-order valence-electron chi connectivity index (χ1n) is 9.52. The summed E-state index contributed by atoms with van der Waals surface area (Å²) in [5.41, 5.74) is 3.09. The number of ether oxygens (including phenoxy) is 1. The molecule has 3 aromatic carbocycles. The van der Waals surface area contributed by atoms with Crippen LogP contribution in [-0.4, -0.2) is 25.0 Å². The molecule has 0 unspecified atom stereocenters. The number of hydrogen-bond acceptors (Lipinski definition) is 3. The van der Waals surface area contributed by atoms with E-state index in [1.54, 1.807) is 30.3 Å². The summed E-state index contributed by atoms with van der Waals surface area (Å²) in [5, 5.41) is 5.66. The van der Waals surface area contributed by atoms with Crippen LogP contribution in [0.4, 0.5) is 5.69 Å². The van der Waals surface area contributed by atoms with Crippen molar-refractivity contribution in [2.24, 2.45) is 0 Å². The van der Waals surface area contributed by atoms with Gasteiger partial charge < -0.3 is 15.4 Å². The Labute approximate surface area is 170 Å². The molecule has 0 saturated heterocycles. The van der Waals surface area contributed by atoms with Gasteiger partial charge in [0.2, 0.25) is 0 Å². The number of carbonyl (C=O) groups excluding carboxylic acids is 2. The molecule has 0 heterocycles. The zero-order chi connectivity index (χ0) is 20.5. The summed E-state index contributed by atoms with van der Waals surface area (Å²) >= 11 is 0. The molecule has 29 heavy (non-hydrogen) atoms. The molecular formula is C24H24N2O3. The van der Waals surface area contributed by atoms with Gasteiger partial charge in [0.25, 0.3) is 11.8 Å². The number of amides is 2. The van der Waals surface area contributed by atoms with Gasteiger partial charge in [-0.2, -0.15) is 0 Å². The van der Waals surface area contributed by atoms with E-state index in [0.29, 0.717) is 23.5 Å². The summed E-state index contributed by atoms with van der Waals surface area (Å²) in [6, 6.07) is 24.4. The predicted molar refractivity (Wildman–Crippen MR) is 114 cm³/mol. The topological polar surface area (TPSA) is 67.4 Å². The second-order valence-electron chi connectivity index (χ2n) is 6.69. The zero-order valence-corrected chi connectivity index (χ0v) is 16.4. The van der Waals surface area contributed by atoms with Crippen molar-refractivity contribution in [1.29, 1.82) is 0 Å². The van der Waals surface area contributed by atoms with Crippen LogP contribution < -0.4 is 15.4 Å². The molecule has 0 bridgehead atoms. The number of rotatable bonds is 8. The molecule has 5 nitrogen and oxygen atoms in total. The molecule has 0 spiro atoms. The molecule has 0 aliphatic heterocycles. The lowest BCUT2D eigenvalue weighted by Crippen LogP contribution is -2.28. The minimum atomic E-state index is -0.323. The number of anilines is 1. The number of benzene rings is 3. The Bertz CT molecular complexity index is 971. The van der Waals surface area contributed by atoms with E-state index in [-0.39, 0.29) is 18.4 Å². The second-order valence-corrected chi connectivity index (χ2v) is 6.69. The fraction of sp³-hybridized carbons (Fsp3) is 0.167. The van der Waals surface area contributed by atoms with E-state index in [2.05, 4.69) is 10.6 Å². The molecule has 0 aromatic heterocycles. The van der Waals surface area contributed by atoms with Gasteiger partial charge >= 0.3 is 0 Å². The van der Waals surface area contributed by atoms with Crippen LogP contribution in [0, 0.1) is 6.92 Å². The highest BCUT2D eigenvalue weighted by molar-refractivity contribution is 6.04. The van der Waals surface area contributed by atoms with Crippen molar-refractivity contribution >= 4 is 17.5 Å². The Morgan fingerprint density at radius 3 is 2.45 bits per heavy atom. The van der Waals surface area contributed by atoms with Crippen LogP contribution in [0.3, 0.4) is 0 Å². The van der Waals surface area contributed by atoms with Crippen LogP contribution >= 0.6 is 0 Å². The number of para-hydroxylation sites is 1. The van der Waals surface area contributed by atoms with Crippen LogP contribution in [-0.2, 0) is 11.2 Å². The molecule has 0 fully saturated rings. The van der Waals surface area contributed by atoms with Gasteiger partial charge in [0.05, 0.1) is 11.3 Å².